The van der Waals surface area contributed by atoms with Crippen LogP contribution in [0.4, 0.5) is 10.1 Å². The van der Waals surface area contributed by atoms with Crippen LogP contribution in [-0.2, 0) is 0 Å². The maximum atomic E-state index is 13.9. The van der Waals surface area contributed by atoms with E-state index < -0.39 is 5.63 Å². The van der Waals surface area contributed by atoms with Gasteiger partial charge in [0.2, 0.25) is 0 Å². The Bertz CT molecular complexity index is 1070. The maximum absolute atomic E-state index is 13.9. The van der Waals surface area contributed by atoms with E-state index in [4.69, 9.17) is 16.0 Å². The van der Waals surface area contributed by atoms with Crippen LogP contribution in [0, 0.1) is 5.82 Å². The number of fused-ring (bicyclic) bond motifs is 1. The number of hydrogen-bond acceptors (Lipinski definition) is 4. The number of rotatable bonds is 2. The number of nitrogens with zero attached hydrogens (tertiary/aromatic N) is 2. The largest absolute Gasteiger partial charge is 0.421 e. The molecule has 1 fully saturated rings. The van der Waals surface area contributed by atoms with Crippen molar-refractivity contribution < 1.29 is 13.6 Å². The monoisotopic (exact) mass is 386 g/mol. The molecule has 1 saturated heterocycles. The molecular formula is C20H16ClFN2O3. The van der Waals surface area contributed by atoms with Crippen molar-refractivity contribution in [1.29, 1.82) is 0 Å². The lowest BCUT2D eigenvalue weighted by atomic mass is 10.1. The molecule has 0 bridgehead atoms. The van der Waals surface area contributed by atoms with E-state index in [2.05, 4.69) is 0 Å². The zero-order valence-electron chi connectivity index (χ0n) is 14.3. The van der Waals surface area contributed by atoms with Crippen LogP contribution < -0.4 is 10.5 Å². The van der Waals surface area contributed by atoms with Crippen LogP contribution in [0.2, 0.25) is 5.02 Å². The fourth-order valence-corrected chi connectivity index (χ4v) is 3.51. The van der Waals surface area contributed by atoms with E-state index in [1.807, 2.05) is 4.90 Å². The number of hydrogen-bond donors (Lipinski definition) is 0. The number of carbonyl (C=O) groups excluding carboxylic acids is 1. The first-order chi connectivity index (χ1) is 13.0. The number of anilines is 1. The second-order valence-corrected chi connectivity index (χ2v) is 6.74. The summed E-state index contributed by atoms with van der Waals surface area (Å²) < 4.78 is 19.2. The summed E-state index contributed by atoms with van der Waals surface area (Å²) in [6.45, 7) is 1.75. The Balaban J connectivity index is 1.55. The molecule has 0 unspecified atom stereocenters. The third kappa shape index (κ3) is 3.28. The van der Waals surface area contributed by atoms with Crippen molar-refractivity contribution >= 4 is 34.2 Å². The molecule has 1 aliphatic rings. The SMILES string of the molecule is O=C(c1cc2cccc(Cl)c2oc1=O)N1CCN(c2ccccc2F)CC1. The molecule has 0 saturated carbocycles. The van der Waals surface area contributed by atoms with Gasteiger partial charge in [-0.15, -0.1) is 0 Å². The van der Waals surface area contributed by atoms with Gasteiger partial charge in [-0.25, -0.2) is 9.18 Å². The smallest absolute Gasteiger partial charge is 0.349 e. The molecule has 0 atom stereocenters. The minimum Gasteiger partial charge on any atom is -0.421 e. The molecule has 2 heterocycles. The molecule has 1 aromatic heterocycles. The highest BCUT2D eigenvalue weighted by atomic mass is 35.5. The van der Waals surface area contributed by atoms with Gasteiger partial charge >= 0.3 is 5.63 Å². The molecular weight excluding hydrogens is 371 g/mol. The van der Waals surface area contributed by atoms with Crippen LogP contribution in [0.1, 0.15) is 10.4 Å². The fourth-order valence-electron chi connectivity index (χ4n) is 3.29. The van der Waals surface area contributed by atoms with Gasteiger partial charge in [-0.1, -0.05) is 35.9 Å². The Hall–Kier alpha value is -2.86. The standard InChI is InChI=1S/C20H16ClFN2O3/c21-15-5-3-4-13-12-14(20(26)27-18(13)15)19(25)24-10-8-23(9-11-24)17-7-2-1-6-16(17)22/h1-7,12H,8-11H2. The van der Waals surface area contributed by atoms with E-state index in [9.17, 15) is 14.0 Å². The van der Waals surface area contributed by atoms with Crippen molar-refractivity contribution in [2.75, 3.05) is 31.1 Å². The van der Waals surface area contributed by atoms with Crippen molar-refractivity contribution in [3.05, 3.63) is 75.4 Å². The normalized spacial score (nSPS) is 14.6. The van der Waals surface area contributed by atoms with Crippen molar-refractivity contribution in [1.82, 2.24) is 4.90 Å². The van der Waals surface area contributed by atoms with Crippen LogP contribution in [-0.4, -0.2) is 37.0 Å². The molecule has 1 amide bonds. The van der Waals surface area contributed by atoms with Crippen LogP contribution in [0.25, 0.3) is 11.0 Å². The van der Waals surface area contributed by atoms with E-state index in [0.717, 1.165) is 0 Å². The van der Waals surface area contributed by atoms with Crippen molar-refractivity contribution in [2.24, 2.45) is 0 Å². The van der Waals surface area contributed by atoms with Gasteiger partial charge < -0.3 is 14.2 Å². The van der Waals surface area contributed by atoms with E-state index >= 15 is 0 Å². The lowest BCUT2D eigenvalue weighted by molar-refractivity contribution is 0.0742. The van der Waals surface area contributed by atoms with E-state index in [-0.39, 0.29) is 22.9 Å². The third-order valence-electron chi connectivity index (χ3n) is 4.70. The Morgan fingerprint density at radius 3 is 2.52 bits per heavy atom. The first-order valence-electron chi connectivity index (χ1n) is 8.56. The van der Waals surface area contributed by atoms with Crippen LogP contribution in [0.3, 0.4) is 0 Å². The summed E-state index contributed by atoms with van der Waals surface area (Å²) in [5.74, 6) is -0.678. The Morgan fingerprint density at radius 1 is 1.04 bits per heavy atom. The van der Waals surface area contributed by atoms with Crippen LogP contribution in [0.15, 0.2) is 57.7 Å². The minimum atomic E-state index is -0.711. The van der Waals surface area contributed by atoms with Crippen LogP contribution >= 0.6 is 11.6 Å². The Labute approximate surface area is 159 Å². The molecule has 0 radical (unpaired) electrons. The maximum Gasteiger partial charge on any atom is 0.349 e. The molecule has 3 aromatic rings. The molecule has 7 heteroatoms. The average Bonchev–Trinajstić information content (AvgIpc) is 2.68. The summed E-state index contributed by atoms with van der Waals surface area (Å²) in [6, 6.07) is 13.1. The Kier molecular flexibility index (Phi) is 4.58. The highest BCUT2D eigenvalue weighted by molar-refractivity contribution is 6.34. The van der Waals surface area contributed by atoms with Gasteiger partial charge in [-0.3, -0.25) is 4.79 Å². The molecule has 5 nitrogen and oxygen atoms in total. The summed E-state index contributed by atoms with van der Waals surface area (Å²) in [5.41, 5.74) is 0.0517. The number of piperazine rings is 1. The molecule has 138 valence electrons. The highest BCUT2D eigenvalue weighted by Gasteiger charge is 2.26. The second kappa shape index (κ2) is 7.04. The van der Waals surface area contributed by atoms with E-state index in [0.29, 0.717) is 42.3 Å². The zero-order valence-corrected chi connectivity index (χ0v) is 15.1. The lowest BCUT2D eigenvalue weighted by Crippen LogP contribution is -2.49. The summed E-state index contributed by atoms with van der Waals surface area (Å²) in [7, 11) is 0. The summed E-state index contributed by atoms with van der Waals surface area (Å²) in [6.07, 6.45) is 0. The van der Waals surface area contributed by atoms with E-state index in [1.54, 1.807) is 41.3 Å². The second-order valence-electron chi connectivity index (χ2n) is 6.34. The number of para-hydroxylation sites is 2. The van der Waals surface area contributed by atoms with Crippen molar-refractivity contribution in [3.8, 4) is 0 Å². The van der Waals surface area contributed by atoms with Gasteiger partial charge in [0.15, 0.2) is 5.58 Å². The van der Waals surface area contributed by atoms with Gasteiger partial charge in [0.05, 0.1) is 10.7 Å². The zero-order chi connectivity index (χ0) is 19.0. The first-order valence-corrected chi connectivity index (χ1v) is 8.93. The molecule has 2 aromatic carbocycles. The number of amides is 1. The molecule has 0 spiro atoms. The quantitative estimate of drug-likeness (QED) is 0.632. The van der Waals surface area contributed by atoms with Gasteiger partial charge in [-0.05, 0) is 24.3 Å². The Morgan fingerprint density at radius 2 is 1.78 bits per heavy atom. The lowest BCUT2D eigenvalue weighted by Gasteiger charge is -2.36. The predicted octanol–water partition coefficient (Wildman–Crippen LogP) is 3.55. The number of halogens is 2. The molecule has 4 rings (SSSR count). The van der Waals surface area contributed by atoms with E-state index in [1.165, 1.54) is 12.1 Å². The van der Waals surface area contributed by atoms with Gasteiger partial charge in [0, 0.05) is 31.6 Å². The summed E-state index contributed by atoms with van der Waals surface area (Å²) in [5, 5.41) is 0.914. The topological polar surface area (TPSA) is 53.8 Å². The minimum absolute atomic E-state index is 0.0240. The molecule has 0 aliphatic carbocycles. The highest BCUT2D eigenvalue weighted by Crippen LogP contribution is 2.24. The molecule has 1 aliphatic heterocycles. The molecule has 0 N–H and O–H groups in total. The number of carbonyl (C=O) groups is 1. The molecule has 27 heavy (non-hydrogen) atoms. The van der Waals surface area contributed by atoms with Gasteiger partial charge in [0.1, 0.15) is 11.4 Å². The fraction of sp³-hybridized carbons (Fsp3) is 0.200. The summed E-state index contributed by atoms with van der Waals surface area (Å²) in [4.78, 5) is 28.5. The van der Waals surface area contributed by atoms with Crippen LogP contribution in [0.5, 0.6) is 0 Å². The third-order valence-corrected chi connectivity index (χ3v) is 5.00. The van der Waals surface area contributed by atoms with Crippen molar-refractivity contribution in [2.45, 2.75) is 0 Å². The van der Waals surface area contributed by atoms with Gasteiger partial charge in [-0.2, -0.15) is 0 Å². The first kappa shape index (κ1) is 17.5. The van der Waals surface area contributed by atoms with Crippen molar-refractivity contribution in [3.63, 3.8) is 0 Å². The number of benzene rings is 2. The predicted molar refractivity (Wildman–Crippen MR) is 102 cm³/mol. The van der Waals surface area contributed by atoms with Gasteiger partial charge in [0.25, 0.3) is 5.91 Å². The average molecular weight is 387 g/mol. The summed E-state index contributed by atoms with van der Waals surface area (Å²) >= 11 is 6.03.